The Morgan fingerprint density at radius 2 is 1.74 bits per heavy atom. The van der Waals surface area contributed by atoms with E-state index >= 15 is 8.78 Å². The molecule has 6 aliphatic rings. The maximum Gasteiger partial charge on any atom is 0.509 e. The topological polar surface area (TPSA) is 110 Å². The van der Waals surface area contributed by atoms with Crippen LogP contribution >= 0.6 is 0 Å². The monoisotopic (exact) mass is 590 g/mol. The minimum Gasteiger partial charge on any atom is -0.478 e. The summed E-state index contributed by atoms with van der Waals surface area (Å²) in [5.41, 5.74) is -7.21. The van der Waals surface area contributed by atoms with Crippen LogP contribution in [0.25, 0.3) is 0 Å². The van der Waals surface area contributed by atoms with Gasteiger partial charge in [-0.25, -0.2) is 18.4 Å². The molecule has 0 aliphatic heterocycles. The molecule has 0 aromatic heterocycles. The molecule has 6 aliphatic carbocycles. The summed E-state index contributed by atoms with van der Waals surface area (Å²) in [6.45, 7) is 11.4. The Morgan fingerprint density at radius 3 is 2.40 bits per heavy atom. The Bertz CT molecular complexity index is 1290. The Labute approximate surface area is 246 Å². The number of carbonyl (C=O) groups excluding carboxylic acids is 2. The third kappa shape index (κ3) is 3.49. The van der Waals surface area contributed by atoms with E-state index < -0.39 is 70.0 Å². The fourth-order valence-corrected chi connectivity index (χ4v) is 11.2. The number of rotatable bonds is 3. The molecular weight excluding hydrogens is 546 g/mol. The molecule has 2 bridgehead atoms. The van der Waals surface area contributed by atoms with E-state index in [9.17, 15) is 24.6 Å². The van der Waals surface area contributed by atoms with Crippen molar-refractivity contribution in [1.29, 1.82) is 0 Å². The predicted molar refractivity (Wildman–Crippen MR) is 148 cm³/mol. The summed E-state index contributed by atoms with van der Waals surface area (Å²) in [7, 11) is 0. The number of aliphatic hydroxyl groups excluding tert-OH is 1. The largest absolute Gasteiger partial charge is 0.509 e. The lowest BCUT2D eigenvalue weighted by Gasteiger charge is -2.61. The van der Waals surface area contributed by atoms with E-state index in [-0.39, 0.29) is 48.4 Å². The summed E-state index contributed by atoms with van der Waals surface area (Å²) in [5, 5.41) is 22.3. The molecule has 4 fully saturated rings. The van der Waals surface area contributed by atoms with E-state index in [1.807, 2.05) is 0 Å². The van der Waals surface area contributed by atoms with Gasteiger partial charge in [-0.2, -0.15) is 0 Å². The molecule has 7 nitrogen and oxygen atoms in total. The van der Waals surface area contributed by atoms with E-state index in [1.54, 1.807) is 13.8 Å². The number of hydrogen-bond donors (Lipinski definition) is 2. The average molecular weight is 591 g/mol. The molecule has 4 saturated carbocycles. The molecule has 9 heteroatoms. The minimum absolute atomic E-state index is 0.0468. The summed E-state index contributed by atoms with van der Waals surface area (Å²) in [4.78, 5) is 38.8. The van der Waals surface area contributed by atoms with Crippen LogP contribution in [0.3, 0.4) is 0 Å². The van der Waals surface area contributed by atoms with Gasteiger partial charge in [-0.05, 0) is 79.8 Å². The van der Waals surface area contributed by atoms with Crippen LogP contribution in [0.1, 0.15) is 86.5 Å². The number of fused-ring (bicyclic) bond motifs is 7. The van der Waals surface area contributed by atoms with Gasteiger partial charge in [0.05, 0.1) is 6.10 Å². The molecule has 232 valence electrons. The number of aliphatic carboxylic acids is 1. The van der Waals surface area contributed by atoms with Crippen LogP contribution in [0.4, 0.5) is 13.6 Å². The van der Waals surface area contributed by atoms with Crippen molar-refractivity contribution < 1.29 is 42.9 Å². The third-order valence-corrected chi connectivity index (χ3v) is 13.6. The van der Waals surface area contributed by atoms with Gasteiger partial charge in [0, 0.05) is 35.5 Å². The number of carboxylic acids is 1. The third-order valence-electron chi connectivity index (χ3n) is 13.6. The van der Waals surface area contributed by atoms with Crippen molar-refractivity contribution in [2.24, 2.45) is 51.8 Å². The average Bonchev–Trinajstić information content (AvgIpc) is 3.22. The number of carboxylic acid groups (broad SMARTS) is 1. The second-order valence-corrected chi connectivity index (χ2v) is 15.4. The van der Waals surface area contributed by atoms with Crippen LogP contribution in [-0.2, 0) is 19.1 Å². The number of hydrogen-bond acceptors (Lipinski definition) is 6. The maximum atomic E-state index is 17.5. The zero-order chi connectivity index (χ0) is 30.8. The molecule has 12 atom stereocenters. The van der Waals surface area contributed by atoms with Crippen LogP contribution in [0.15, 0.2) is 23.6 Å². The summed E-state index contributed by atoms with van der Waals surface area (Å²) < 4.78 is 45.0. The van der Waals surface area contributed by atoms with Crippen molar-refractivity contribution in [3.05, 3.63) is 23.6 Å². The van der Waals surface area contributed by atoms with Gasteiger partial charge < -0.3 is 19.7 Å². The van der Waals surface area contributed by atoms with E-state index in [1.165, 1.54) is 19.1 Å². The maximum absolute atomic E-state index is 17.5. The van der Waals surface area contributed by atoms with Gasteiger partial charge in [0.25, 0.3) is 0 Å². The van der Waals surface area contributed by atoms with Crippen LogP contribution in [0, 0.1) is 51.8 Å². The molecule has 0 unspecified atom stereocenters. The molecule has 0 aromatic rings. The summed E-state index contributed by atoms with van der Waals surface area (Å²) in [5.74, 6) is -3.99. The van der Waals surface area contributed by atoms with E-state index in [0.29, 0.717) is 18.3 Å². The number of carbonyl (C=O) groups is 3. The van der Waals surface area contributed by atoms with E-state index in [4.69, 9.17) is 9.47 Å². The highest BCUT2D eigenvalue weighted by molar-refractivity contribution is 5.93. The normalized spacial score (nSPS) is 50.5. The summed E-state index contributed by atoms with van der Waals surface area (Å²) in [6.07, 6.45) is 1.51. The quantitative estimate of drug-likeness (QED) is 0.369. The molecular formula is C33H44F2O7. The molecule has 0 amide bonds. The Morgan fingerprint density at radius 1 is 1.05 bits per heavy atom. The second-order valence-electron chi connectivity index (χ2n) is 15.4. The Balaban J connectivity index is 1.33. The van der Waals surface area contributed by atoms with Crippen molar-refractivity contribution in [1.82, 2.24) is 0 Å². The first-order chi connectivity index (χ1) is 19.4. The summed E-state index contributed by atoms with van der Waals surface area (Å²) in [6, 6.07) is 0. The number of halogens is 2. The lowest BCUT2D eigenvalue weighted by atomic mass is 9.45. The highest BCUT2D eigenvalue weighted by atomic mass is 19.1. The SMILES string of the molecule is C[C@@H]1[C@H]2CC[C@@H](C[C@H]1OC(=O)O[C@]1(C(=O)O)[C@H](C)C[C@H]3[C@@H]4CC(F)=C5CC(=O)C=C[C@]5(C)[C@@]4(F)[C@@H](O)C[C@@]31C)C2(C)C. The zero-order valence-electron chi connectivity index (χ0n) is 25.4. The molecule has 0 saturated heterocycles. The van der Waals surface area contributed by atoms with Crippen molar-refractivity contribution >= 4 is 17.9 Å². The second kappa shape index (κ2) is 9.12. The molecule has 0 radical (unpaired) electrons. The molecule has 0 spiro atoms. The van der Waals surface area contributed by atoms with Gasteiger partial charge in [0.1, 0.15) is 11.9 Å². The first-order valence-electron chi connectivity index (χ1n) is 15.5. The number of alkyl halides is 1. The van der Waals surface area contributed by atoms with Crippen molar-refractivity contribution in [3.8, 4) is 0 Å². The molecule has 0 heterocycles. The van der Waals surface area contributed by atoms with Crippen LogP contribution in [0.2, 0.25) is 0 Å². The lowest BCUT2D eigenvalue weighted by Crippen LogP contribution is -2.69. The fourth-order valence-electron chi connectivity index (χ4n) is 11.2. The van der Waals surface area contributed by atoms with Crippen molar-refractivity contribution in [2.75, 3.05) is 0 Å². The van der Waals surface area contributed by atoms with Gasteiger partial charge >= 0.3 is 12.1 Å². The van der Waals surface area contributed by atoms with Gasteiger partial charge in [0.15, 0.2) is 11.5 Å². The number of ether oxygens (including phenoxy) is 2. The van der Waals surface area contributed by atoms with Gasteiger partial charge in [-0.3, -0.25) is 4.79 Å². The number of allylic oxidation sites excluding steroid dienone is 4. The number of aliphatic hydroxyl groups is 1. The van der Waals surface area contributed by atoms with Crippen LogP contribution in [-0.4, -0.2) is 51.6 Å². The van der Waals surface area contributed by atoms with Crippen molar-refractivity contribution in [2.45, 2.75) is 110 Å². The van der Waals surface area contributed by atoms with Gasteiger partial charge in [-0.1, -0.05) is 40.7 Å². The van der Waals surface area contributed by atoms with Crippen LogP contribution < -0.4 is 0 Å². The van der Waals surface area contributed by atoms with Gasteiger partial charge in [-0.15, -0.1) is 0 Å². The smallest absolute Gasteiger partial charge is 0.478 e. The molecule has 2 N–H and O–H groups in total. The molecule has 6 rings (SSSR count). The Kier molecular flexibility index (Phi) is 6.46. The predicted octanol–water partition coefficient (Wildman–Crippen LogP) is 6.34. The first-order valence-corrected chi connectivity index (χ1v) is 15.5. The molecule has 0 aromatic carbocycles. The van der Waals surface area contributed by atoms with Gasteiger partial charge in [0.2, 0.25) is 5.60 Å². The van der Waals surface area contributed by atoms with Crippen LogP contribution in [0.5, 0.6) is 0 Å². The highest BCUT2D eigenvalue weighted by Gasteiger charge is 2.78. The van der Waals surface area contributed by atoms with E-state index in [2.05, 4.69) is 20.8 Å². The summed E-state index contributed by atoms with van der Waals surface area (Å²) >= 11 is 0. The minimum atomic E-state index is -2.34. The first kappa shape index (κ1) is 29.8. The highest BCUT2D eigenvalue weighted by Crippen LogP contribution is 2.71. The Hall–Kier alpha value is -2.29. The fraction of sp³-hybridized carbons (Fsp3) is 0.788. The number of ketones is 1. The zero-order valence-corrected chi connectivity index (χ0v) is 25.4. The van der Waals surface area contributed by atoms with E-state index in [0.717, 1.165) is 12.8 Å². The lowest BCUT2D eigenvalue weighted by molar-refractivity contribution is -0.227. The standard InChI is InChI=1S/C33H44F2O7/c1-16-11-21-22-14-24(34)23-13-19(36)9-10-30(23,5)32(22,35)26(37)15-31(21,6)33(16,27(38)39)42-28(40)41-25-12-18-7-8-20(17(25)2)29(18,3)4/h9-10,16-18,20-22,25-26,37H,7-8,11-15H2,1-6H3,(H,38,39)/t16-,17-,18+,20-,21+,22+,25-,26+,30+,31+,32+,33+/m1/s1. The van der Waals surface area contributed by atoms with Crippen molar-refractivity contribution in [3.63, 3.8) is 0 Å². The molecule has 42 heavy (non-hydrogen) atoms.